The van der Waals surface area contributed by atoms with Crippen molar-refractivity contribution in [2.45, 2.75) is 17.7 Å². The van der Waals surface area contributed by atoms with Crippen LogP contribution >= 0.6 is 0 Å². The maximum Gasteiger partial charge on any atom is 0.272 e. The van der Waals surface area contributed by atoms with Gasteiger partial charge in [0.1, 0.15) is 10.6 Å². The highest BCUT2D eigenvalue weighted by Gasteiger charge is 2.29. The topological polar surface area (TPSA) is 101 Å². The standard InChI is InChI=1S/C20H24N4O4S/c1-3-10-21-19(25)16-8-4-5-9-17(16)22-20(26)18-13-15(14-23(18)2)29(27,28)24-11-6-7-12-24/h3-5,8-9,13-14H,1,6-7,10-12H2,2H3,(H,21,25)(H,22,26). The third-order valence-corrected chi connectivity index (χ3v) is 6.61. The fraction of sp³-hybridized carbons (Fsp3) is 0.300. The summed E-state index contributed by atoms with van der Waals surface area (Å²) in [6, 6.07) is 7.98. The molecule has 0 unspecified atom stereocenters. The van der Waals surface area contributed by atoms with Crippen molar-refractivity contribution in [1.82, 2.24) is 14.2 Å². The van der Waals surface area contributed by atoms with E-state index >= 15 is 0 Å². The Morgan fingerprint density at radius 2 is 1.86 bits per heavy atom. The Kier molecular flexibility index (Phi) is 6.19. The van der Waals surface area contributed by atoms with Crippen molar-refractivity contribution in [2.75, 3.05) is 25.0 Å². The van der Waals surface area contributed by atoms with Gasteiger partial charge in [-0.2, -0.15) is 4.31 Å². The van der Waals surface area contributed by atoms with Gasteiger partial charge in [0.15, 0.2) is 0 Å². The molecular formula is C20H24N4O4S. The Labute approximate surface area is 170 Å². The minimum atomic E-state index is -3.62. The Morgan fingerprint density at radius 1 is 1.17 bits per heavy atom. The fourth-order valence-electron chi connectivity index (χ4n) is 3.22. The number of anilines is 1. The molecule has 1 fully saturated rings. The van der Waals surface area contributed by atoms with E-state index < -0.39 is 15.9 Å². The summed E-state index contributed by atoms with van der Waals surface area (Å²) in [5.41, 5.74) is 0.829. The highest BCUT2D eigenvalue weighted by atomic mass is 32.2. The lowest BCUT2D eigenvalue weighted by Gasteiger charge is -2.13. The summed E-state index contributed by atoms with van der Waals surface area (Å²) in [5.74, 6) is -0.843. The van der Waals surface area contributed by atoms with Crippen molar-refractivity contribution in [1.29, 1.82) is 0 Å². The molecule has 3 rings (SSSR count). The number of amides is 2. The first kappa shape index (κ1) is 20.8. The second-order valence-corrected chi connectivity index (χ2v) is 8.72. The SMILES string of the molecule is C=CCNC(=O)c1ccccc1NC(=O)c1cc(S(=O)(=O)N2CCCC2)cn1C. The van der Waals surface area contributed by atoms with Crippen LogP contribution in [0.3, 0.4) is 0 Å². The number of sulfonamides is 1. The molecule has 0 spiro atoms. The van der Waals surface area contributed by atoms with Crippen LogP contribution in [-0.2, 0) is 17.1 Å². The number of hydrogen-bond acceptors (Lipinski definition) is 4. The van der Waals surface area contributed by atoms with Gasteiger partial charge in [-0.05, 0) is 31.0 Å². The van der Waals surface area contributed by atoms with Gasteiger partial charge in [0.2, 0.25) is 10.0 Å². The number of hydrogen-bond donors (Lipinski definition) is 2. The summed E-state index contributed by atoms with van der Waals surface area (Å²) in [7, 11) is -2.01. The minimum absolute atomic E-state index is 0.0871. The van der Waals surface area contributed by atoms with Crippen molar-refractivity contribution < 1.29 is 18.0 Å². The van der Waals surface area contributed by atoms with Gasteiger partial charge >= 0.3 is 0 Å². The van der Waals surface area contributed by atoms with Crippen molar-refractivity contribution >= 4 is 27.5 Å². The number of aromatic nitrogens is 1. The second kappa shape index (κ2) is 8.62. The van der Waals surface area contributed by atoms with Gasteiger partial charge in [0, 0.05) is 32.9 Å². The summed E-state index contributed by atoms with van der Waals surface area (Å²) >= 11 is 0. The zero-order chi connectivity index (χ0) is 21.0. The molecule has 1 saturated heterocycles. The van der Waals surface area contributed by atoms with Crippen molar-refractivity contribution in [3.63, 3.8) is 0 Å². The first-order chi connectivity index (χ1) is 13.8. The van der Waals surface area contributed by atoms with E-state index in [4.69, 9.17) is 0 Å². The number of nitrogens with zero attached hydrogens (tertiary/aromatic N) is 2. The molecule has 2 amide bonds. The summed E-state index contributed by atoms with van der Waals surface area (Å²) in [4.78, 5) is 25.2. The van der Waals surface area contributed by atoms with Crippen LogP contribution in [0.2, 0.25) is 0 Å². The van der Waals surface area contributed by atoms with Gasteiger partial charge in [0.05, 0.1) is 11.3 Å². The van der Waals surface area contributed by atoms with Crippen molar-refractivity contribution in [3.8, 4) is 0 Å². The van der Waals surface area contributed by atoms with Crippen LogP contribution in [0.4, 0.5) is 5.69 Å². The average Bonchev–Trinajstić information content (AvgIpc) is 3.37. The molecule has 0 atom stereocenters. The van der Waals surface area contributed by atoms with E-state index in [1.165, 1.54) is 21.1 Å². The van der Waals surface area contributed by atoms with Gasteiger partial charge in [-0.15, -0.1) is 6.58 Å². The number of para-hydroxylation sites is 1. The molecule has 2 heterocycles. The van der Waals surface area contributed by atoms with Crippen molar-refractivity contribution in [3.05, 3.63) is 60.4 Å². The first-order valence-corrected chi connectivity index (χ1v) is 10.7. The molecule has 1 aliphatic rings. The molecule has 2 aromatic rings. The maximum absolute atomic E-state index is 12.8. The van der Waals surface area contributed by atoms with Gasteiger partial charge in [0.25, 0.3) is 11.8 Å². The Hall–Kier alpha value is -2.91. The maximum atomic E-state index is 12.8. The molecule has 0 bridgehead atoms. The molecule has 0 radical (unpaired) electrons. The number of benzene rings is 1. The minimum Gasteiger partial charge on any atom is -0.349 e. The fourth-order valence-corrected chi connectivity index (χ4v) is 4.80. The molecule has 0 saturated carbocycles. The Morgan fingerprint density at radius 3 is 2.55 bits per heavy atom. The van der Waals surface area contributed by atoms with E-state index in [-0.39, 0.29) is 16.5 Å². The van der Waals surface area contributed by atoms with Gasteiger partial charge < -0.3 is 15.2 Å². The van der Waals surface area contributed by atoms with Crippen LogP contribution in [0, 0.1) is 0 Å². The molecular weight excluding hydrogens is 392 g/mol. The molecule has 1 aromatic heterocycles. The van der Waals surface area contributed by atoms with Crippen LogP contribution in [0.25, 0.3) is 0 Å². The van der Waals surface area contributed by atoms with E-state index in [0.29, 0.717) is 30.9 Å². The molecule has 1 aliphatic heterocycles. The number of carbonyl (C=O) groups excluding carboxylic acids is 2. The first-order valence-electron chi connectivity index (χ1n) is 9.30. The highest BCUT2D eigenvalue weighted by Crippen LogP contribution is 2.23. The third kappa shape index (κ3) is 4.41. The number of rotatable bonds is 7. The molecule has 1 aromatic carbocycles. The van der Waals surface area contributed by atoms with E-state index in [0.717, 1.165) is 12.8 Å². The van der Waals surface area contributed by atoms with Gasteiger partial charge in [-0.1, -0.05) is 18.2 Å². The molecule has 0 aliphatic carbocycles. The predicted molar refractivity (Wildman–Crippen MR) is 110 cm³/mol. The number of aryl methyl sites for hydroxylation is 1. The third-order valence-electron chi connectivity index (χ3n) is 4.74. The predicted octanol–water partition coefficient (Wildman–Crippen LogP) is 1.98. The average molecular weight is 417 g/mol. The van der Waals surface area contributed by atoms with Crippen LogP contribution in [-0.4, -0.2) is 48.7 Å². The molecule has 154 valence electrons. The van der Waals surface area contributed by atoms with Crippen LogP contribution in [0.5, 0.6) is 0 Å². The van der Waals surface area contributed by atoms with E-state index in [2.05, 4.69) is 17.2 Å². The molecule has 8 nitrogen and oxygen atoms in total. The summed E-state index contributed by atoms with van der Waals surface area (Å²) in [5, 5.41) is 5.37. The van der Waals surface area contributed by atoms with Crippen LogP contribution in [0.1, 0.15) is 33.7 Å². The van der Waals surface area contributed by atoms with E-state index in [1.807, 2.05) is 0 Å². The lowest BCUT2D eigenvalue weighted by atomic mass is 10.1. The molecule has 29 heavy (non-hydrogen) atoms. The largest absolute Gasteiger partial charge is 0.349 e. The monoisotopic (exact) mass is 416 g/mol. The van der Waals surface area contributed by atoms with Crippen molar-refractivity contribution in [2.24, 2.45) is 7.05 Å². The van der Waals surface area contributed by atoms with Crippen LogP contribution in [0.15, 0.2) is 54.1 Å². The summed E-state index contributed by atoms with van der Waals surface area (Å²) in [6.07, 6.45) is 4.67. The number of nitrogens with one attached hydrogen (secondary N) is 2. The summed E-state index contributed by atoms with van der Waals surface area (Å²) < 4.78 is 28.4. The molecule has 9 heteroatoms. The zero-order valence-electron chi connectivity index (χ0n) is 16.2. The number of carbonyl (C=O) groups is 2. The lowest BCUT2D eigenvalue weighted by Crippen LogP contribution is -2.27. The zero-order valence-corrected chi connectivity index (χ0v) is 17.0. The Bertz CT molecular complexity index is 1040. The normalized spacial score (nSPS) is 14.5. The van der Waals surface area contributed by atoms with Gasteiger partial charge in [-0.3, -0.25) is 9.59 Å². The second-order valence-electron chi connectivity index (χ2n) is 6.78. The van der Waals surface area contributed by atoms with E-state index in [9.17, 15) is 18.0 Å². The molecule has 2 N–H and O–H groups in total. The van der Waals surface area contributed by atoms with Crippen LogP contribution < -0.4 is 10.6 Å². The summed E-state index contributed by atoms with van der Waals surface area (Å²) in [6.45, 7) is 4.84. The Balaban J connectivity index is 1.83. The van der Waals surface area contributed by atoms with Gasteiger partial charge in [-0.25, -0.2) is 8.42 Å². The van der Waals surface area contributed by atoms with E-state index in [1.54, 1.807) is 37.4 Å². The smallest absolute Gasteiger partial charge is 0.272 e. The highest BCUT2D eigenvalue weighted by molar-refractivity contribution is 7.89. The quantitative estimate of drug-likeness (QED) is 0.674. The lowest BCUT2D eigenvalue weighted by molar-refractivity contribution is 0.0959.